The van der Waals surface area contributed by atoms with Crippen LogP contribution in [0.15, 0.2) is 47.5 Å². The maximum Gasteiger partial charge on any atom is 0.255 e. The molecule has 2 aromatic rings. The molecule has 8 nitrogen and oxygen atoms in total. The summed E-state index contributed by atoms with van der Waals surface area (Å²) < 4.78 is 1.52. The van der Waals surface area contributed by atoms with Crippen LogP contribution in [0, 0.1) is 5.92 Å². The Balaban J connectivity index is 1.17. The largest absolute Gasteiger partial charge is 0.388 e. The second-order valence-corrected chi connectivity index (χ2v) is 11.0. The van der Waals surface area contributed by atoms with E-state index in [1.807, 2.05) is 23.1 Å². The maximum absolute atomic E-state index is 12.9. The Morgan fingerprint density at radius 2 is 1.91 bits per heavy atom. The van der Waals surface area contributed by atoms with E-state index in [9.17, 15) is 14.7 Å². The van der Waals surface area contributed by atoms with Crippen LogP contribution in [0.25, 0.3) is 0 Å². The number of likely N-dealkylation sites (tertiary alicyclic amines) is 2. The lowest BCUT2D eigenvalue weighted by atomic mass is 9.90. The van der Waals surface area contributed by atoms with E-state index >= 15 is 0 Å². The van der Waals surface area contributed by atoms with Gasteiger partial charge in [0, 0.05) is 51.3 Å². The molecule has 3 aliphatic heterocycles. The summed E-state index contributed by atoms with van der Waals surface area (Å²) >= 11 is 0. The molecule has 2 bridgehead atoms. The van der Waals surface area contributed by atoms with Crippen molar-refractivity contribution in [3.05, 3.63) is 58.6 Å². The highest BCUT2D eigenvalue weighted by Crippen LogP contribution is 2.32. The first-order chi connectivity index (χ1) is 16.8. The van der Waals surface area contributed by atoms with Crippen molar-refractivity contribution in [3.63, 3.8) is 0 Å². The predicted octanol–water partition coefficient (Wildman–Crippen LogP) is 1.93. The quantitative estimate of drug-likeness (QED) is 0.682. The molecule has 3 fully saturated rings. The van der Waals surface area contributed by atoms with Gasteiger partial charge >= 0.3 is 0 Å². The molecule has 1 N–H and O–H groups in total. The standard InChI is InChI=1S/C27H37N5O3/c1-20(22-6-4-3-5-7-22)12-25(33)30-10-8-27(35,9-11-30)18-31-19-28-24(14-26(31)34)32-16-21-13-23(32)17-29(2)15-21/h3-7,14,19-21,23,35H,8-13,15-18H2,1-2H3/t20-,21+,23-/m1/s1. The van der Waals surface area contributed by atoms with Crippen LogP contribution in [0.1, 0.15) is 44.1 Å². The van der Waals surface area contributed by atoms with Gasteiger partial charge in [0.15, 0.2) is 0 Å². The van der Waals surface area contributed by atoms with Gasteiger partial charge in [0.25, 0.3) is 5.56 Å². The number of aromatic nitrogens is 2. The van der Waals surface area contributed by atoms with Gasteiger partial charge in [0.05, 0.1) is 18.5 Å². The molecule has 1 aromatic heterocycles. The summed E-state index contributed by atoms with van der Waals surface area (Å²) in [5.41, 5.74) is 0.0180. The van der Waals surface area contributed by atoms with Crippen LogP contribution in [0.4, 0.5) is 5.82 Å². The number of fused-ring (bicyclic) bond motifs is 2. The third kappa shape index (κ3) is 5.28. The lowest BCUT2D eigenvalue weighted by Gasteiger charge is -2.38. The molecule has 188 valence electrons. The van der Waals surface area contributed by atoms with E-state index in [0.717, 1.165) is 37.4 Å². The number of carbonyl (C=O) groups is 1. The van der Waals surface area contributed by atoms with Crippen LogP contribution in [0.5, 0.6) is 0 Å². The molecular weight excluding hydrogens is 442 g/mol. The van der Waals surface area contributed by atoms with Crippen molar-refractivity contribution < 1.29 is 9.90 Å². The van der Waals surface area contributed by atoms with Crippen molar-refractivity contribution in [2.75, 3.05) is 44.7 Å². The van der Waals surface area contributed by atoms with E-state index in [0.29, 0.717) is 44.3 Å². The zero-order valence-electron chi connectivity index (χ0n) is 20.8. The molecule has 3 saturated heterocycles. The van der Waals surface area contributed by atoms with E-state index < -0.39 is 5.60 Å². The molecule has 5 rings (SSSR count). The van der Waals surface area contributed by atoms with Gasteiger partial charge in [0.1, 0.15) is 5.82 Å². The van der Waals surface area contributed by atoms with Gasteiger partial charge in [-0.3, -0.25) is 14.2 Å². The zero-order chi connectivity index (χ0) is 24.6. The number of hydrogen-bond donors (Lipinski definition) is 1. The highest BCUT2D eigenvalue weighted by Gasteiger charge is 2.38. The summed E-state index contributed by atoms with van der Waals surface area (Å²) in [7, 11) is 2.15. The van der Waals surface area contributed by atoms with Crippen molar-refractivity contribution in [2.45, 2.75) is 56.7 Å². The average molecular weight is 480 g/mol. The molecule has 0 saturated carbocycles. The molecule has 3 atom stereocenters. The van der Waals surface area contributed by atoms with Crippen molar-refractivity contribution in [2.24, 2.45) is 5.92 Å². The van der Waals surface area contributed by atoms with Crippen LogP contribution in [0.2, 0.25) is 0 Å². The van der Waals surface area contributed by atoms with Crippen LogP contribution in [0.3, 0.4) is 0 Å². The molecule has 0 spiro atoms. The molecule has 1 aromatic carbocycles. The summed E-state index contributed by atoms with van der Waals surface area (Å²) in [5.74, 6) is 1.65. The number of aliphatic hydroxyl groups is 1. The highest BCUT2D eigenvalue weighted by atomic mass is 16.3. The minimum absolute atomic E-state index is 0.119. The highest BCUT2D eigenvalue weighted by molar-refractivity contribution is 5.77. The Hall–Kier alpha value is -2.71. The van der Waals surface area contributed by atoms with E-state index in [2.05, 4.69) is 40.9 Å². The van der Waals surface area contributed by atoms with Crippen molar-refractivity contribution in [1.82, 2.24) is 19.4 Å². The topological polar surface area (TPSA) is 81.9 Å². The molecule has 0 unspecified atom stereocenters. The number of carbonyl (C=O) groups excluding carboxylic acids is 1. The van der Waals surface area contributed by atoms with Crippen LogP contribution < -0.4 is 10.5 Å². The van der Waals surface area contributed by atoms with Crippen LogP contribution >= 0.6 is 0 Å². The third-order valence-corrected chi connectivity index (χ3v) is 8.11. The summed E-state index contributed by atoms with van der Waals surface area (Å²) in [6.07, 6.45) is 4.11. The number of likely N-dealkylation sites (N-methyl/N-ethyl adjacent to an activating group) is 1. The van der Waals surface area contributed by atoms with Gasteiger partial charge in [-0.1, -0.05) is 37.3 Å². The molecule has 0 radical (unpaired) electrons. The summed E-state index contributed by atoms with van der Waals surface area (Å²) in [4.78, 5) is 36.8. The maximum atomic E-state index is 12.9. The van der Waals surface area contributed by atoms with E-state index in [1.165, 1.54) is 4.57 Å². The molecule has 4 heterocycles. The minimum Gasteiger partial charge on any atom is -0.388 e. The first kappa shape index (κ1) is 24.0. The predicted molar refractivity (Wildman–Crippen MR) is 135 cm³/mol. The van der Waals surface area contributed by atoms with Crippen molar-refractivity contribution in [1.29, 1.82) is 0 Å². The zero-order valence-corrected chi connectivity index (χ0v) is 20.8. The van der Waals surface area contributed by atoms with E-state index in [1.54, 1.807) is 12.4 Å². The van der Waals surface area contributed by atoms with Gasteiger partial charge in [-0.25, -0.2) is 4.98 Å². The number of piperidine rings is 2. The van der Waals surface area contributed by atoms with E-state index in [4.69, 9.17) is 0 Å². The molecule has 0 aliphatic carbocycles. The minimum atomic E-state index is -1.01. The number of nitrogens with zero attached hydrogens (tertiary/aromatic N) is 5. The van der Waals surface area contributed by atoms with Gasteiger partial charge in [-0.05, 0) is 43.7 Å². The van der Waals surface area contributed by atoms with Crippen molar-refractivity contribution in [3.8, 4) is 0 Å². The number of rotatable bonds is 6. The molecule has 35 heavy (non-hydrogen) atoms. The normalized spacial score (nSPS) is 25.0. The van der Waals surface area contributed by atoms with Crippen LogP contribution in [-0.2, 0) is 11.3 Å². The number of amides is 1. The number of anilines is 1. The Kier molecular flexibility index (Phi) is 6.68. The second-order valence-electron chi connectivity index (χ2n) is 11.0. The molecule has 1 amide bonds. The first-order valence-corrected chi connectivity index (χ1v) is 12.9. The van der Waals surface area contributed by atoms with Crippen molar-refractivity contribution >= 4 is 11.7 Å². The number of benzene rings is 1. The third-order valence-electron chi connectivity index (χ3n) is 8.11. The molecular formula is C27H37N5O3. The Morgan fingerprint density at radius 3 is 2.63 bits per heavy atom. The fraction of sp³-hybridized carbons (Fsp3) is 0.593. The fourth-order valence-corrected chi connectivity index (χ4v) is 6.11. The first-order valence-electron chi connectivity index (χ1n) is 12.9. The Morgan fingerprint density at radius 1 is 1.17 bits per heavy atom. The summed E-state index contributed by atoms with van der Waals surface area (Å²) in [6.45, 7) is 6.33. The Bertz CT molecular complexity index is 1100. The van der Waals surface area contributed by atoms with Gasteiger partial charge in [-0.15, -0.1) is 0 Å². The molecule has 3 aliphatic rings. The van der Waals surface area contributed by atoms with Crippen LogP contribution in [-0.4, -0.2) is 81.8 Å². The Labute approximate surface area is 207 Å². The summed E-state index contributed by atoms with van der Waals surface area (Å²) in [6, 6.07) is 12.1. The number of hydrogen-bond acceptors (Lipinski definition) is 6. The average Bonchev–Trinajstić information content (AvgIpc) is 3.15. The lowest BCUT2D eigenvalue weighted by Crippen LogP contribution is -2.49. The van der Waals surface area contributed by atoms with E-state index in [-0.39, 0.29) is 23.9 Å². The monoisotopic (exact) mass is 479 g/mol. The summed E-state index contributed by atoms with van der Waals surface area (Å²) in [5, 5.41) is 11.2. The smallest absolute Gasteiger partial charge is 0.255 e. The van der Waals surface area contributed by atoms with Gasteiger partial charge < -0.3 is 19.8 Å². The SMILES string of the molecule is C[C@H](CC(=O)N1CCC(O)(Cn2cnc(N3C[C@H]4C[C@@H]3CN(C)C4)cc2=O)CC1)c1ccccc1. The second kappa shape index (κ2) is 9.74. The van der Waals surface area contributed by atoms with Gasteiger partial charge in [0.2, 0.25) is 5.91 Å². The van der Waals surface area contributed by atoms with Gasteiger partial charge in [-0.2, -0.15) is 0 Å². The lowest BCUT2D eigenvalue weighted by molar-refractivity contribution is -0.136. The fourth-order valence-electron chi connectivity index (χ4n) is 6.11. The molecule has 8 heteroatoms.